The number of hydrogen-bond acceptors (Lipinski definition) is 4. The summed E-state index contributed by atoms with van der Waals surface area (Å²) in [4.78, 5) is 16.8. The third-order valence-electron chi connectivity index (χ3n) is 4.06. The Morgan fingerprint density at radius 3 is 2.60 bits per heavy atom. The number of nitrogens with one attached hydrogen (secondary N) is 1. The molecule has 4 aromatic rings. The van der Waals surface area contributed by atoms with Crippen LogP contribution in [0.2, 0.25) is 0 Å². The Hall–Kier alpha value is -3.41. The lowest BCUT2D eigenvalue weighted by Gasteiger charge is -2.05. The highest BCUT2D eigenvalue weighted by Crippen LogP contribution is 2.27. The Morgan fingerprint density at radius 1 is 1.12 bits per heavy atom. The smallest absolute Gasteiger partial charge is 0.273 e. The van der Waals surface area contributed by atoms with Gasteiger partial charge in [0.1, 0.15) is 11.2 Å². The van der Waals surface area contributed by atoms with Crippen molar-refractivity contribution in [3.05, 3.63) is 66.0 Å². The molecular weight excluding hydrogens is 316 g/mol. The molecule has 0 saturated carbocycles. The second-order valence-electron chi connectivity index (χ2n) is 5.81. The summed E-state index contributed by atoms with van der Waals surface area (Å²) in [5.41, 5.74) is 4.76. The van der Waals surface area contributed by atoms with Crippen LogP contribution in [0.1, 0.15) is 16.1 Å². The van der Waals surface area contributed by atoms with Crippen molar-refractivity contribution >= 4 is 22.7 Å². The Morgan fingerprint density at radius 2 is 1.92 bits per heavy atom. The predicted molar refractivity (Wildman–Crippen MR) is 95.3 cm³/mol. The molecule has 2 aromatic heterocycles. The van der Waals surface area contributed by atoms with E-state index in [9.17, 15) is 4.79 Å². The monoisotopic (exact) mass is 332 g/mol. The van der Waals surface area contributed by atoms with Crippen LogP contribution in [0.25, 0.3) is 22.6 Å². The number of nitrogens with zero attached hydrogens (tertiary/aromatic N) is 3. The maximum Gasteiger partial charge on any atom is 0.273 e. The molecule has 0 spiro atoms. The van der Waals surface area contributed by atoms with Crippen LogP contribution in [0, 0.1) is 6.92 Å². The highest BCUT2D eigenvalue weighted by atomic mass is 16.3. The summed E-state index contributed by atoms with van der Waals surface area (Å²) in [6.45, 7) is 2.01. The summed E-state index contributed by atoms with van der Waals surface area (Å²) in [5, 5.41) is 6.84. The van der Waals surface area contributed by atoms with Crippen LogP contribution in [-0.4, -0.2) is 20.7 Å². The lowest BCUT2D eigenvalue weighted by molar-refractivity contribution is 0.101. The summed E-state index contributed by atoms with van der Waals surface area (Å²) in [6, 6.07) is 14.9. The maximum absolute atomic E-state index is 12.2. The van der Waals surface area contributed by atoms with E-state index >= 15 is 0 Å². The van der Waals surface area contributed by atoms with E-state index in [4.69, 9.17) is 4.42 Å². The van der Waals surface area contributed by atoms with Gasteiger partial charge in [0.2, 0.25) is 5.89 Å². The molecule has 6 heteroatoms. The number of amides is 1. The Bertz CT molecular complexity index is 1060. The van der Waals surface area contributed by atoms with Crippen molar-refractivity contribution in [2.75, 3.05) is 5.32 Å². The molecule has 1 N–H and O–H groups in total. The van der Waals surface area contributed by atoms with Gasteiger partial charge in [-0.15, -0.1) is 0 Å². The van der Waals surface area contributed by atoms with Crippen molar-refractivity contribution in [1.82, 2.24) is 14.8 Å². The Kier molecular flexibility index (Phi) is 3.57. The maximum atomic E-state index is 12.2. The highest BCUT2D eigenvalue weighted by molar-refractivity contribution is 6.03. The molecule has 6 nitrogen and oxygen atoms in total. The van der Waals surface area contributed by atoms with Gasteiger partial charge in [0.15, 0.2) is 5.58 Å². The molecule has 2 heterocycles. The molecule has 0 saturated heterocycles. The molecule has 0 aliphatic carbocycles. The lowest BCUT2D eigenvalue weighted by Crippen LogP contribution is -2.15. The summed E-state index contributed by atoms with van der Waals surface area (Å²) in [6.07, 6.45) is 1.59. The summed E-state index contributed by atoms with van der Waals surface area (Å²) in [5.74, 6) is 0.360. The van der Waals surface area contributed by atoms with Gasteiger partial charge in [-0.1, -0.05) is 12.1 Å². The average molecular weight is 332 g/mol. The zero-order valence-electron chi connectivity index (χ0n) is 13.9. The molecule has 0 atom stereocenters. The second kappa shape index (κ2) is 5.90. The van der Waals surface area contributed by atoms with Crippen LogP contribution in [0.3, 0.4) is 0 Å². The fraction of sp³-hybridized carbons (Fsp3) is 0.105. The molecule has 0 radical (unpaired) electrons. The van der Waals surface area contributed by atoms with E-state index in [0.29, 0.717) is 17.3 Å². The Labute approximate surface area is 144 Å². The van der Waals surface area contributed by atoms with Crippen LogP contribution in [0.15, 0.2) is 59.1 Å². The molecule has 0 aliphatic heterocycles. The van der Waals surface area contributed by atoms with Crippen LogP contribution >= 0.6 is 0 Å². The molecule has 0 bridgehead atoms. The first kappa shape index (κ1) is 15.1. The van der Waals surface area contributed by atoms with Gasteiger partial charge >= 0.3 is 0 Å². The van der Waals surface area contributed by atoms with Crippen LogP contribution in [0.5, 0.6) is 0 Å². The van der Waals surface area contributed by atoms with Gasteiger partial charge in [0.25, 0.3) is 5.91 Å². The minimum atomic E-state index is -0.203. The van der Waals surface area contributed by atoms with Crippen LogP contribution in [0.4, 0.5) is 5.69 Å². The number of oxazole rings is 1. The minimum absolute atomic E-state index is 0.203. The van der Waals surface area contributed by atoms with Gasteiger partial charge in [-0.2, -0.15) is 5.10 Å². The van der Waals surface area contributed by atoms with E-state index in [0.717, 1.165) is 22.2 Å². The molecule has 0 fully saturated rings. The molecule has 124 valence electrons. The van der Waals surface area contributed by atoms with E-state index in [2.05, 4.69) is 15.4 Å². The first-order valence-corrected chi connectivity index (χ1v) is 7.88. The van der Waals surface area contributed by atoms with E-state index < -0.39 is 0 Å². The number of anilines is 1. The summed E-state index contributed by atoms with van der Waals surface area (Å²) >= 11 is 0. The topological polar surface area (TPSA) is 73.0 Å². The third-order valence-corrected chi connectivity index (χ3v) is 4.06. The number of aryl methyl sites for hydroxylation is 2. The molecule has 4 rings (SSSR count). The van der Waals surface area contributed by atoms with Crippen molar-refractivity contribution < 1.29 is 9.21 Å². The van der Waals surface area contributed by atoms with Gasteiger partial charge in [-0.25, -0.2) is 4.98 Å². The van der Waals surface area contributed by atoms with Gasteiger partial charge in [-0.05, 0) is 48.9 Å². The normalized spacial score (nSPS) is 11.0. The fourth-order valence-electron chi connectivity index (χ4n) is 2.70. The van der Waals surface area contributed by atoms with Crippen molar-refractivity contribution in [3.8, 4) is 11.5 Å². The number of benzene rings is 2. The van der Waals surface area contributed by atoms with Crippen molar-refractivity contribution in [1.29, 1.82) is 0 Å². The first-order chi connectivity index (χ1) is 12.1. The highest BCUT2D eigenvalue weighted by Gasteiger charge is 2.12. The molecule has 0 aliphatic rings. The van der Waals surface area contributed by atoms with Crippen LogP contribution < -0.4 is 5.32 Å². The van der Waals surface area contributed by atoms with Crippen molar-refractivity contribution in [3.63, 3.8) is 0 Å². The van der Waals surface area contributed by atoms with E-state index in [1.54, 1.807) is 19.3 Å². The van der Waals surface area contributed by atoms with Gasteiger partial charge in [-0.3, -0.25) is 9.48 Å². The standard InChI is InChI=1S/C19H16N4O2/c1-12-4-3-5-16-17(12)22-19(25-16)13-6-8-14(9-7-13)21-18(24)15-10-11-20-23(15)2/h3-11H,1-2H3,(H,21,24). The SMILES string of the molecule is Cc1cccc2oc(-c3ccc(NC(=O)c4ccnn4C)cc3)nc12. The van der Waals surface area contributed by atoms with Gasteiger partial charge in [0.05, 0.1) is 0 Å². The second-order valence-corrected chi connectivity index (χ2v) is 5.81. The number of carbonyl (C=O) groups excluding carboxylic acids is 1. The van der Waals surface area contributed by atoms with Gasteiger partial charge in [0, 0.05) is 24.5 Å². The molecule has 25 heavy (non-hydrogen) atoms. The summed E-state index contributed by atoms with van der Waals surface area (Å²) < 4.78 is 7.35. The molecule has 2 aromatic carbocycles. The average Bonchev–Trinajstić information content (AvgIpc) is 3.22. The zero-order valence-corrected chi connectivity index (χ0v) is 13.9. The third kappa shape index (κ3) is 2.78. The fourth-order valence-corrected chi connectivity index (χ4v) is 2.70. The van der Waals surface area contributed by atoms with E-state index in [1.807, 2.05) is 49.4 Å². The number of carbonyl (C=O) groups is 1. The number of fused-ring (bicyclic) bond motifs is 1. The lowest BCUT2D eigenvalue weighted by atomic mass is 10.2. The van der Waals surface area contributed by atoms with E-state index in [-0.39, 0.29) is 5.91 Å². The predicted octanol–water partition coefficient (Wildman–Crippen LogP) is 3.79. The number of para-hydroxylation sites is 1. The first-order valence-electron chi connectivity index (χ1n) is 7.88. The van der Waals surface area contributed by atoms with Crippen molar-refractivity contribution in [2.24, 2.45) is 7.05 Å². The number of hydrogen-bond donors (Lipinski definition) is 1. The minimum Gasteiger partial charge on any atom is -0.436 e. The Balaban J connectivity index is 1.58. The zero-order chi connectivity index (χ0) is 17.4. The number of aromatic nitrogens is 3. The number of rotatable bonds is 3. The quantitative estimate of drug-likeness (QED) is 0.619. The van der Waals surface area contributed by atoms with Crippen molar-refractivity contribution in [2.45, 2.75) is 6.92 Å². The van der Waals surface area contributed by atoms with Gasteiger partial charge < -0.3 is 9.73 Å². The van der Waals surface area contributed by atoms with E-state index in [1.165, 1.54) is 4.68 Å². The largest absolute Gasteiger partial charge is 0.436 e. The molecular formula is C19H16N4O2. The summed E-state index contributed by atoms with van der Waals surface area (Å²) in [7, 11) is 1.73. The molecule has 1 amide bonds. The molecule has 0 unspecified atom stereocenters. The van der Waals surface area contributed by atoms with Crippen LogP contribution in [-0.2, 0) is 7.05 Å².